The van der Waals surface area contributed by atoms with Gasteiger partial charge in [-0.25, -0.2) is 0 Å². The summed E-state index contributed by atoms with van der Waals surface area (Å²) >= 11 is 13.9. The second-order valence-corrected chi connectivity index (χ2v) is 11.6. The van der Waals surface area contributed by atoms with Gasteiger partial charge in [0.25, 0.3) is 0 Å². The van der Waals surface area contributed by atoms with Gasteiger partial charge < -0.3 is 15.0 Å². The van der Waals surface area contributed by atoms with E-state index in [1.807, 2.05) is 31.3 Å². The zero-order valence-electron chi connectivity index (χ0n) is 21.8. The molecule has 200 valence electrons. The van der Waals surface area contributed by atoms with E-state index in [0.29, 0.717) is 35.5 Å². The third kappa shape index (κ3) is 7.56. The molecule has 0 aliphatic carbocycles. The fraction of sp³-hybridized carbons (Fsp3) is 0.500. The number of hydrogen-bond acceptors (Lipinski definition) is 5. The topological polar surface area (TPSA) is 57.2 Å². The van der Waals surface area contributed by atoms with Crippen molar-refractivity contribution in [3.05, 3.63) is 63.1 Å². The molecule has 2 fully saturated rings. The van der Waals surface area contributed by atoms with Crippen molar-refractivity contribution in [2.24, 2.45) is 4.99 Å². The van der Waals surface area contributed by atoms with Crippen molar-refractivity contribution in [2.75, 3.05) is 39.5 Å². The molecule has 0 bridgehead atoms. The van der Waals surface area contributed by atoms with Crippen molar-refractivity contribution >= 4 is 46.0 Å². The van der Waals surface area contributed by atoms with Crippen LogP contribution in [-0.2, 0) is 11.3 Å². The molecule has 0 radical (unpaired) electrons. The number of benzene rings is 2. The summed E-state index contributed by atoms with van der Waals surface area (Å²) in [4.78, 5) is 21.5. The summed E-state index contributed by atoms with van der Waals surface area (Å²) in [5.74, 6) is 1.97. The van der Waals surface area contributed by atoms with Gasteiger partial charge in [0.1, 0.15) is 5.75 Å². The van der Waals surface area contributed by atoms with E-state index >= 15 is 0 Å². The molecule has 1 N–H and O–H groups in total. The molecule has 2 saturated heterocycles. The quantitative estimate of drug-likeness (QED) is 0.383. The zero-order chi connectivity index (χ0) is 26.4. The fourth-order valence-corrected chi connectivity index (χ4v) is 6.48. The average molecular weight is 564 g/mol. The Labute approximate surface area is 234 Å². The number of aliphatic imine (C=N–C) groups is 1. The van der Waals surface area contributed by atoms with Gasteiger partial charge in [-0.05, 0) is 67.1 Å². The number of amides is 1. The van der Waals surface area contributed by atoms with Crippen molar-refractivity contribution in [2.45, 2.75) is 51.2 Å². The molecule has 0 aromatic heterocycles. The molecule has 37 heavy (non-hydrogen) atoms. The van der Waals surface area contributed by atoms with Crippen LogP contribution >= 0.6 is 35.0 Å². The Morgan fingerprint density at radius 2 is 1.95 bits per heavy atom. The van der Waals surface area contributed by atoms with Gasteiger partial charge in [0, 0.05) is 51.9 Å². The number of carbonyl (C=O) groups excluding carboxylic acids is 1. The molecule has 9 heteroatoms. The highest BCUT2D eigenvalue weighted by Gasteiger charge is 2.29. The second kappa shape index (κ2) is 13.2. The van der Waals surface area contributed by atoms with Gasteiger partial charge in [-0.2, -0.15) is 0 Å². The van der Waals surface area contributed by atoms with Crippen LogP contribution in [0.4, 0.5) is 0 Å². The molecular formula is C28H36Cl2N4O2S. The zero-order valence-corrected chi connectivity index (χ0v) is 24.1. The Morgan fingerprint density at radius 1 is 1.16 bits per heavy atom. The van der Waals surface area contributed by atoms with Crippen molar-refractivity contribution in [3.63, 3.8) is 0 Å². The molecule has 1 unspecified atom stereocenters. The third-order valence-corrected chi connectivity index (χ3v) is 9.04. The first-order valence-electron chi connectivity index (χ1n) is 12.9. The van der Waals surface area contributed by atoms with Gasteiger partial charge in [0.05, 0.1) is 22.7 Å². The minimum absolute atomic E-state index is 0.105. The largest absolute Gasteiger partial charge is 0.494 e. The molecule has 2 aromatic carbocycles. The number of amidine groups is 1. The first-order valence-corrected chi connectivity index (χ1v) is 14.6. The lowest BCUT2D eigenvalue weighted by Crippen LogP contribution is -2.44. The van der Waals surface area contributed by atoms with Gasteiger partial charge in [-0.15, -0.1) is 0 Å². The second-order valence-electron chi connectivity index (χ2n) is 9.78. The molecule has 2 aliphatic heterocycles. The van der Waals surface area contributed by atoms with Crippen molar-refractivity contribution in [3.8, 4) is 5.75 Å². The van der Waals surface area contributed by atoms with E-state index in [2.05, 4.69) is 46.2 Å². The molecule has 2 aliphatic rings. The number of piperidine rings is 1. The first kappa shape index (κ1) is 28.1. The Kier molecular flexibility index (Phi) is 10.0. The van der Waals surface area contributed by atoms with E-state index in [4.69, 9.17) is 27.9 Å². The molecule has 1 atom stereocenters. The van der Waals surface area contributed by atoms with Crippen molar-refractivity contribution < 1.29 is 9.53 Å². The SMILES string of the molecule is CN=C1SCC(c2ccc(OCCCC(=O)NC3CCN(Cc4ccc(Cl)c(Cl)c4)CC3)cc2C)N1C. The van der Waals surface area contributed by atoms with E-state index in [1.165, 1.54) is 11.1 Å². The summed E-state index contributed by atoms with van der Waals surface area (Å²) in [6.07, 6.45) is 3.08. The third-order valence-electron chi connectivity index (χ3n) is 7.09. The van der Waals surface area contributed by atoms with Crippen LogP contribution in [0.1, 0.15) is 48.4 Å². The highest BCUT2D eigenvalue weighted by molar-refractivity contribution is 8.14. The number of aryl methyl sites for hydroxylation is 1. The molecule has 6 nitrogen and oxygen atoms in total. The molecule has 0 saturated carbocycles. The summed E-state index contributed by atoms with van der Waals surface area (Å²) in [6, 6.07) is 12.7. The lowest BCUT2D eigenvalue weighted by atomic mass is 10.0. The summed E-state index contributed by atoms with van der Waals surface area (Å²) in [5.41, 5.74) is 3.69. The van der Waals surface area contributed by atoms with Crippen LogP contribution in [0, 0.1) is 6.92 Å². The van der Waals surface area contributed by atoms with Gasteiger partial charge >= 0.3 is 0 Å². The lowest BCUT2D eigenvalue weighted by Gasteiger charge is -2.32. The maximum atomic E-state index is 12.5. The van der Waals surface area contributed by atoms with E-state index < -0.39 is 0 Å². The van der Waals surface area contributed by atoms with E-state index in [0.717, 1.165) is 54.7 Å². The number of likely N-dealkylation sites (tertiary alicyclic amines) is 1. The van der Waals surface area contributed by atoms with E-state index in [-0.39, 0.29) is 11.9 Å². The van der Waals surface area contributed by atoms with Crippen LogP contribution in [0.2, 0.25) is 10.0 Å². The monoisotopic (exact) mass is 562 g/mol. The molecule has 2 heterocycles. The number of halogens is 2. The molecular weight excluding hydrogens is 527 g/mol. The number of hydrogen-bond donors (Lipinski definition) is 1. The van der Waals surface area contributed by atoms with Crippen LogP contribution in [0.25, 0.3) is 0 Å². The van der Waals surface area contributed by atoms with E-state index in [1.54, 1.807) is 11.8 Å². The summed E-state index contributed by atoms with van der Waals surface area (Å²) in [5, 5.41) is 5.46. The lowest BCUT2D eigenvalue weighted by molar-refractivity contribution is -0.122. The smallest absolute Gasteiger partial charge is 0.220 e. The normalized spacial score (nSPS) is 20.0. The maximum Gasteiger partial charge on any atom is 0.220 e. The fourth-order valence-electron chi connectivity index (χ4n) is 4.99. The summed E-state index contributed by atoms with van der Waals surface area (Å²) in [7, 11) is 3.94. The number of nitrogens with one attached hydrogen (secondary N) is 1. The Bertz CT molecular complexity index is 1120. The van der Waals surface area contributed by atoms with Crippen molar-refractivity contribution in [1.29, 1.82) is 0 Å². The minimum atomic E-state index is 0.105. The van der Waals surface area contributed by atoms with Gasteiger partial charge in [0.2, 0.25) is 5.91 Å². The van der Waals surface area contributed by atoms with E-state index in [9.17, 15) is 4.79 Å². The Hall–Kier alpha value is -1.93. The standard InChI is InChI=1S/C28H36Cl2N4O2S/c1-19-15-22(7-8-23(19)26-18-37-28(31-2)33(26)3)36-14-4-5-27(35)32-21-10-12-34(13-11-21)17-20-6-9-24(29)25(30)16-20/h6-9,15-16,21,26H,4-5,10-14,17-18H2,1-3H3,(H,32,35). The first-order chi connectivity index (χ1) is 17.8. The Morgan fingerprint density at radius 3 is 2.62 bits per heavy atom. The van der Waals surface area contributed by atoms with Crippen LogP contribution in [0.5, 0.6) is 5.75 Å². The molecule has 0 spiro atoms. The number of nitrogens with zero attached hydrogens (tertiary/aromatic N) is 3. The maximum absolute atomic E-state index is 12.5. The van der Waals surface area contributed by atoms with Crippen LogP contribution in [0.3, 0.4) is 0 Å². The van der Waals surface area contributed by atoms with Gasteiger partial charge in [-0.3, -0.25) is 14.7 Å². The van der Waals surface area contributed by atoms with Crippen LogP contribution in [0.15, 0.2) is 41.4 Å². The molecule has 1 amide bonds. The highest BCUT2D eigenvalue weighted by Crippen LogP contribution is 2.36. The number of ether oxygens (including phenoxy) is 1. The number of rotatable bonds is 9. The average Bonchev–Trinajstić information content (AvgIpc) is 3.25. The highest BCUT2D eigenvalue weighted by atomic mass is 35.5. The van der Waals surface area contributed by atoms with Crippen molar-refractivity contribution in [1.82, 2.24) is 15.1 Å². The predicted molar refractivity (Wildman–Crippen MR) is 155 cm³/mol. The minimum Gasteiger partial charge on any atom is -0.494 e. The van der Waals surface area contributed by atoms with Gasteiger partial charge in [0.15, 0.2) is 5.17 Å². The number of thioether (sulfide) groups is 1. The summed E-state index contributed by atoms with van der Waals surface area (Å²) in [6.45, 7) is 5.40. The number of carbonyl (C=O) groups is 1. The summed E-state index contributed by atoms with van der Waals surface area (Å²) < 4.78 is 5.95. The van der Waals surface area contributed by atoms with Crippen LogP contribution in [-0.4, -0.2) is 66.5 Å². The van der Waals surface area contributed by atoms with Crippen LogP contribution < -0.4 is 10.1 Å². The Balaban J connectivity index is 1.13. The van der Waals surface area contributed by atoms with Gasteiger partial charge in [-0.1, -0.05) is 47.1 Å². The predicted octanol–water partition coefficient (Wildman–Crippen LogP) is 5.95. The molecule has 2 aromatic rings. The molecule has 4 rings (SSSR count).